The smallest absolute Gasteiger partial charge is 0.186 e. The molecule has 0 spiro atoms. The van der Waals surface area contributed by atoms with Crippen LogP contribution < -0.4 is 0 Å². The summed E-state index contributed by atoms with van der Waals surface area (Å²) in [6, 6.07) is 12.4. The maximum Gasteiger partial charge on any atom is 0.186 e. The van der Waals surface area contributed by atoms with Crippen LogP contribution in [-0.4, -0.2) is 13.2 Å². The monoisotopic (exact) mass is 512 g/mol. The van der Waals surface area contributed by atoms with Crippen LogP contribution in [0.5, 0.6) is 0 Å². The lowest BCUT2D eigenvalue weighted by Gasteiger charge is -2.30. The molecule has 0 atom stereocenters. The molecular weight excluding hydrogens is 480 g/mol. The summed E-state index contributed by atoms with van der Waals surface area (Å²) in [5.74, 6) is -3.54. The van der Waals surface area contributed by atoms with Crippen molar-refractivity contribution in [2.75, 3.05) is 13.2 Å². The number of aryl methyl sites for hydroxylation is 1. The summed E-state index contributed by atoms with van der Waals surface area (Å²) in [6.07, 6.45) is 6.99. The van der Waals surface area contributed by atoms with Crippen LogP contribution in [0, 0.1) is 29.2 Å². The predicted octanol–water partition coefficient (Wildman–Crippen LogP) is 8.94. The third-order valence-corrected chi connectivity index (χ3v) is 6.78. The van der Waals surface area contributed by atoms with Crippen molar-refractivity contribution in [3.63, 3.8) is 0 Å². The molecule has 2 nitrogen and oxygen atoms in total. The molecule has 0 saturated carbocycles. The van der Waals surface area contributed by atoms with Gasteiger partial charge in [0.05, 0.1) is 13.2 Å². The van der Waals surface area contributed by atoms with Crippen LogP contribution in [-0.2, 0) is 15.9 Å². The first kappa shape index (κ1) is 27.1. The predicted molar refractivity (Wildman–Crippen MR) is 138 cm³/mol. The number of rotatable bonds is 9. The first-order chi connectivity index (χ1) is 17.9. The van der Waals surface area contributed by atoms with Gasteiger partial charge in [-0.05, 0) is 42.9 Å². The Morgan fingerprint density at radius 2 is 1.38 bits per heavy atom. The highest BCUT2D eigenvalue weighted by molar-refractivity contribution is 5.71. The number of halogens is 4. The fourth-order valence-corrected chi connectivity index (χ4v) is 4.59. The molecule has 0 aromatic heterocycles. The maximum absolute atomic E-state index is 15.1. The normalized spacial score (nSPS) is 18.0. The van der Waals surface area contributed by atoms with Crippen molar-refractivity contribution in [3.05, 3.63) is 95.1 Å². The van der Waals surface area contributed by atoms with Crippen molar-refractivity contribution in [2.24, 2.45) is 5.92 Å². The average molecular weight is 513 g/mol. The second kappa shape index (κ2) is 12.5. The van der Waals surface area contributed by atoms with Gasteiger partial charge in [-0.25, -0.2) is 17.6 Å². The summed E-state index contributed by atoms with van der Waals surface area (Å²) in [4.78, 5) is 0. The third kappa shape index (κ3) is 6.13. The molecule has 4 rings (SSSR count). The number of hydrogen-bond acceptors (Lipinski definition) is 2. The van der Waals surface area contributed by atoms with E-state index in [4.69, 9.17) is 9.47 Å². The fraction of sp³-hybridized carbons (Fsp3) is 0.355. The quantitative estimate of drug-likeness (QED) is 0.210. The molecule has 1 aliphatic rings. The van der Waals surface area contributed by atoms with E-state index in [0.717, 1.165) is 19.3 Å². The van der Waals surface area contributed by atoms with E-state index in [9.17, 15) is 13.2 Å². The van der Waals surface area contributed by atoms with Crippen LogP contribution in [0.15, 0.2) is 60.7 Å². The summed E-state index contributed by atoms with van der Waals surface area (Å²) in [7, 11) is 0. The number of hydrogen-bond donors (Lipinski definition) is 0. The van der Waals surface area contributed by atoms with Crippen LogP contribution in [0.25, 0.3) is 22.3 Å². The van der Waals surface area contributed by atoms with Gasteiger partial charge in [0.2, 0.25) is 0 Å². The molecule has 1 heterocycles. The topological polar surface area (TPSA) is 18.5 Å². The summed E-state index contributed by atoms with van der Waals surface area (Å²) in [5, 5.41) is 0. The molecule has 196 valence electrons. The Morgan fingerprint density at radius 1 is 0.784 bits per heavy atom. The molecule has 37 heavy (non-hydrogen) atoms. The summed E-state index contributed by atoms with van der Waals surface area (Å²) >= 11 is 0. The van der Waals surface area contributed by atoms with Gasteiger partial charge < -0.3 is 9.47 Å². The SMILES string of the molecule is CC=CCCc1ccc(-c2ccc(-c3ccc(C4OCC(CCCC)CO4)c(F)c3F)cc2)c(F)c1F. The van der Waals surface area contributed by atoms with E-state index in [0.29, 0.717) is 42.7 Å². The van der Waals surface area contributed by atoms with Gasteiger partial charge in [0.15, 0.2) is 29.6 Å². The highest BCUT2D eigenvalue weighted by atomic mass is 19.2. The van der Waals surface area contributed by atoms with E-state index >= 15 is 4.39 Å². The zero-order chi connectivity index (χ0) is 26.4. The lowest BCUT2D eigenvalue weighted by molar-refractivity contribution is -0.207. The van der Waals surface area contributed by atoms with Crippen LogP contribution >= 0.6 is 0 Å². The van der Waals surface area contributed by atoms with Crippen molar-refractivity contribution >= 4 is 0 Å². The highest BCUT2D eigenvalue weighted by Gasteiger charge is 2.28. The number of benzene rings is 3. The first-order valence-corrected chi connectivity index (χ1v) is 12.8. The molecule has 1 saturated heterocycles. The largest absolute Gasteiger partial charge is 0.348 e. The Balaban J connectivity index is 1.50. The zero-order valence-electron chi connectivity index (χ0n) is 21.2. The van der Waals surface area contributed by atoms with Crippen molar-refractivity contribution in [1.82, 2.24) is 0 Å². The van der Waals surface area contributed by atoms with Crippen LogP contribution in [0.2, 0.25) is 0 Å². The molecule has 0 unspecified atom stereocenters. The van der Waals surface area contributed by atoms with Gasteiger partial charge >= 0.3 is 0 Å². The fourth-order valence-electron chi connectivity index (χ4n) is 4.59. The molecule has 3 aromatic carbocycles. The molecule has 3 aromatic rings. The van der Waals surface area contributed by atoms with Gasteiger partial charge in [-0.15, -0.1) is 0 Å². The van der Waals surface area contributed by atoms with Crippen molar-refractivity contribution < 1.29 is 27.0 Å². The molecule has 6 heteroatoms. The molecule has 0 amide bonds. The minimum absolute atomic E-state index is 0.0267. The van der Waals surface area contributed by atoms with Crippen LogP contribution in [0.4, 0.5) is 17.6 Å². The second-order valence-electron chi connectivity index (χ2n) is 9.42. The van der Waals surface area contributed by atoms with Gasteiger partial charge in [0.25, 0.3) is 0 Å². The standard InChI is InChI=1S/C31H32F4O2/c1-3-5-7-9-23-14-15-24(28(33)27(23)32)21-10-12-22(13-11-21)25-16-17-26(30(35)29(25)34)31-36-18-20(19-37-31)8-6-4-2/h3,5,10-17,20,31H,4,6-9,18-19H2,1-2H3. The minimum atomic E-state index is -1.01. The summed E-state index contributed by atoms with van der Waals surface area (Å²) < 4.78 is 70.8. The van der Waals surface area contributed by atoms with Crippen LogP contribution in [0.3, 0.4) is 0 Å². The van der Waals surface area contributed by atoms with Crippen molar-refractivity contribution in [2.45, 2.75) is 52.2 Å². The zero-order valence-corrected chi connectivity index (χ0v) is 21.2. The van der Waals surface area contributed by atoms with E-state index < -0.39 is 29.6 Å². The Morgan fingerprint density at radius 3 is 1.97 bits per heavy atom. The lowest BCUT2D eigenvalue weighted by Crippen LogP contribution is -2.27. The van der Waals surface area contributed by atoms with Gasteiger partial charge in [-0.3, -0.25) is 0 Å². The average Bonchev–Trinajstić information content (AvgIpc) is 2.92. The van der Waals surface area contributed by atoms with E-state index in [1.54, 1.807) is 36.4 Å². The van der Waals surface area contributed by atoms with E-state index in [1.165, 1.54) is 12.1 Å². The van der Waals surface area contributed by atoms with E-state index in [-0.39, 0.29) is 22.6 Å². The number of ether oxygens (including phenoxy) is 2. The second-order valence-corrected chi connectivity index (χ2v) is 9.42. The minimum Gasteiger partial charge on any atom is -0.348 e. The lowest BCUT2D eigenvalue weighted by atomic mass is 9.97. The van der Waals surface area contributed by atoms with Crippen LogP contribution in [0.1, 0.15) is 56.9 Å². The first-order valence-electron chi connectivity index (χ1n) is 12.8. The van der Waals surface area contributed by atoms with Crippen molar-refractivity contribution in [1.29, 1.82) is 0 Å². The van der Waals surface area contributed by atoms with Crippen molar-refractivity contribution in [3.8, 4) is 22.3 Å². The number of unbranched alkanes of at least 4 members (excludes halogenated alkanes) is 1. The molecular formula is C31H32F4O2. The van der Waals surface area contributed by atoms with E-state index in [1.807, 2.05) is 19.1 Å². The van der Waals surface area contributed by atoms with Gasteiger partial charge in [-0.2, -0.15) is 0 Å². The maximum atomic E-state index is 15.1. The Kier molecular flexibility index (Phi) is 9.17. The molecule has 0 N–H and O–H groups in total. The summed E-state index contributed by atoms with van der Waals surface area (Å²) in [5.41, 5.74) is 1.38. The Labute approximate surface area is 215 Å². The number of allylic oxidation sites excluding steroid dienone is 2. The third-order valence-electron chi connectivity index (χ3n) is 6.78. The highest BCUT2D eigenvalue weighted by Crippen LogP contribution is 2.35. The Bertz CT molecular complexity index is 1230. The molecule has 1 fully saturated rings. The summed E-state index contributed by atoms with van der Waals surface area (Å²) in [6.45, 7) is 4.89. The van der Waals surface area contributed by atoms with Gasteiger partial charge in [0.1, 0.15) is 0 Å². The molecule has 0 aliphatic carbocycles. The van der Waals surface area contributed by atoms with E-state index in [2.05, 4.69) is 6.92 Å². The van der Waals surface area contributed by atoms with Gasteiger partial charge in [-0.1, -0.05) is 80.4 Å². The Hall–Kier alpha value is -2.96. The molecule has 0 radical (unpaired) electrons. The van der Waals surface area contributed by atoms with Gasteiger partial charge in [0, 0.05) is 22.6 Å². The molecule has 0 bridgehead atoms. The molecule has 1 aliphatic heterocycles.